The molecule has 1 aromatic rings. The van der Waals surface area contributed by atoms with Crippen molar-refractivity contribution in [1.29, 1.82) is 0 Å². The van der Waals surface area contributed by atoms with E-state index in [9.17, 15) is 0 Å². The van der Waals surface area contributed by atoms with Crippen molar-refractivity contribution in [3.63, 3.8) is 0 Å². The maximum absolute atomic E-state index is 6.37. The predicted molar refractivity (Wildman–Crippen MR) is 84.0 cm³/mol. The van der Waals surface area contributed by atoms with E-state index in [1.165, 1.54) is 17.7 Å². The summed E-state index contributed by atoms with van der Waals surface area (Å²) in [5.41, 5.74) is 2.50. The van der Waals surface area contributed by atoms with Crippen LogP contribution in [0.4, 0.5) is 5.69 Å². The van der Waals surface area contributed by atoms with E-state index in [0.29, 0.717) is 0 Å². The molecule has 0 radical (unpaired) electrons. The number of halogens is 1. The lowest BCUT2D eigenvalue weighted by molar-refractivity contribution is 0.670. The largest absolute Gasteiger partial charge is 0.374 e. The Morgan fingerprint density at radius 2 is 2.16 bits per heavy atom. The van der Waals surface area contributed by atoms with Crippen LogP contribution in [0.25, 0.3) is 0 Å². The van der Waals surface area contributed by atoms with Crippen molar-refractivity contribution in [2.75, 3.05) is 25.0 Å². The van der Waals surface area contributed by atoms with Gasteiger partial charge in [0.05, 0.1) is 0 Å². The third kappa shape index (κ3) is 3.87. The second kappa shape index (κ2) is 6.62. The van der Waals surface area contributed by atoms with Gasteiger partial charge in [0.2, 0.25) is 0 Å². The first-order valence-corrected chi connectivity index (χ1v) is 7.70. The number of nitrogens with zero attached hydrogens (tertiary/aromatic N) is 1. The molecule has 1 fully saturated rings. The van der Waals surface area contributed by atoms with Crippen LogP contribution in [-0.2, 0) is 6.54 Å². The summed E-state index contributed by atoms with van der Waals surface area (Å²) in [7, 11) is 2.18. The quantitative estimate of drug-likeness (QED) is 0.761. The number of benzene rings is 1. The van der Waals surface area contributed by atoms with Crippen molar-refractivity contribution < 1.29 is 0 Å². The Bertz CT molecular complexity index is 419. The van der Waals surface area contributed by atoms with Crippen LogP contribution in [0.5, 0.6) is 0 Å². The van der Waals surface area contributed by atoms with Crippen molar-refractivity contribution in [2.45, 2.75) is 33.2 Å². The summed E-state index contributed by atoms with van der Waals surface area (Å²) in [5.74, 6) is 1.75. The number of hydrogen-bond acceptors (Lipinski definition) is 2. The van der Waals surface area contributed by atoms with E-state index in [4.69, 9.17) is 11.6 Å². The minimum absolute atomic E-state index is 0.855. The molecule has 0 bridgehead atoms. The molecular formula is C16H25ClN2. The third-order valence-corrected chi connectivity index (χ3v) is 4.37. The van der Waals surface area contributed by atoms with Crippen LogP contribution in [0.15, 0.2) is 18.2 Å². The van der Waals surface area contributed by atoms with Crippen molar-refractivity contribution >= 4 is 17.3 Å². The van der Waals surface area contributed by atoms with Gasteiger partial charge in [0.25, 0.3) is 0 Å². The standard InChI is InChI=1S/C16H25ClN2/c1-4-8-18-10-14-15(17)6-5-7-16(14)19(3)11-13-9-12(13)2/h5-7,12-13,18H,4,8-11H2,1-3H3. The number of nitrogens with one attached hydrogen (secondary N) is 1. The van der Waals surface area contributed by atoms with Gasteiger partial charge in [0, 0.05) is 36.4 Å². The van der Waals surface area contributed by atoms with Crippen molar-refractivity contribution in [2.24, 2.45) is 11.8 Å². The Labute approximate surface area is 122 Å². The van der Waals surface area contributed by atoms with Crippen LogP contribution in [-0.4, -0.2) is 20.1 Å². The fraction of sp³-hybridized carbons (Fsp3) is 0.625. The van der Waals surface area contributed by atoms with E-state index in [2.05, 4.69) is 37.2 Å². The Hall–Kier alpha value is -0.730. The van der Waals surface area contributed by atoms with E-state index >= 15 is 0 Å². The summed E-state index contributed by atoms with van der Waals surface area (Å²) in [6.45, 7) is 7.55. The fourth-order valence-corrected chi connectivity index (χ4v) is 2.81. The molecule has 3 heteroatoms. The number of hydrogen-bond donors (Lipinski definition) is 1. The van der Waals surface area contributed by atoms with Crippen LogP contribution in [0.2, 0.25) is 5.02 Å². The van der Waals surface area contributed by atoms with Gasteiger partial charge in [-0.25, -0.2) is 0 Å². The summed E-state index contributed by atoms with van der Waals surface area (Å²) < 4.78 is 0. The molecule has 2 unspecified atom stereocenters. The maximum Gasteiger partial charge on any atom is 0.0471 e. The fourth-order valence-electron chi connectivity index (χ4n) is 2.57. The minimum atomic E-state index is 0.855. The Balaban J connectivity index is 2.06. The monoisotopic (exact) mass is 280 g/mol. The average Bonchev–Trinajstić information content (AvgIpc) is 3.07. The maximum atomic E-state index is 6.37. The highest BCUT2D eigenvalue weighted by atomic mass is 35.5. The summed E-state index contributed by atoms with van der Waals surface area (Å²) in [4.78, 5) is 2.36. The SMILES string of the molecule is CCCNCc1c(Cl)cccc1N(C)CC1CC1C. The van der Waals surface area contributed by atoms with Gasteiger partial charge in [0.1, 0.15) is 0 Å². The van der Waals surface area contributed by atoms with Crippen molar-refractivity contribution in [1.82, 2.24) is 5.32 Å². The lowest BCUT2D eigenvalue weighted by Gasteiger charge is -2.23. The summed E-state index contributed by atoms with van der Waals surface area (Å²) in [5, 5.41) is 4.33. The Kier molecular flexibility index (Phi) is 5.12. The molecule has 1 aliphatic carbocycles. The van der Waals surface area contributed by atoms with Gasteiger partial charge in [-0.1, -0.05) is 31.5 Å². The molecule has 0 spiro atoms. The third-order valence-electron chi connectivity index (χ3n) is 4.02. The number of anilines is 1. The Morgan fingerprint density at radius 1 is 1.42 bits per heavy atom. The molecule has 1 saturated carbocycles. The molecule has 1 aromatic carbocycles. The highest BCUT2D eigenvalue weighted by molar-refractivity contribution is 6.31. The molecule has 2 atom stereocenters. The molecular weight excluding hydrogens is 256 g/mol. The van der Waals surface area contributed by atoms with E-state index in [1.54, 1.807) is 0 Å². The predicted octanol–water partition coefficient (Wildman–Crippen LogP) is 3.93. The zero-order valence-corrected chi connectivity index (χ0v) is 13.0. The molecule has 0 aromatic heterocycles. The molecule has 2 rings (SSSR count). The molecule has 1 aliphatic rings. The first-order valence-electron chi connectivity index (χ1n) is 7.32. The highest BCUT2D eigenvalue weighted by Gasteiger charge is 2.33. The first-order chi connectivity index (χ1) is 9.13. The second-order valence-electron chi connectivity index (χ2n) is 5.77. The zero-order chi connectivity index (χ0) is 13.8. The van der Waals surface area contributed by atoms with Crippen LogP contribution in [0, 0.1) is 11.8 Å². The second-order valence-corrected chi connectivity index (χ2v) is 6.18. The summed E-state index contributed by atoms with van der Waals surface area (Å²) in [6, 6.07) is 6.22. The smallest absolute Gasteiger partial charge is 0.0471 e. The molecule has 106 valence electrons. The summed E-state index contributed by atoms with van der Waals surface area (Å²) in [6.07, 6.45) is 2.52. The molecule has 0 heterocycles. The molecule has 0 amide bonds. The van der Waals surface area contributed by atoms with Gasteiger partial charge >= 0.3 is 0 Å². The normalized spacial score (nSPS) is 21.5. The Morgan fingerprint density at radius 3 is 2.79 bits per heavy atom. The number of rotatable bonds is 7. The molecule has 0 aliphatic heterocycles. The van der Waals surface area contributed by atoms with Gasteiger partial charge in [-0.15, -0.1) is 0 Å². The van der Waals surface area contributed by atoms with Gasteiger partial charge in [0.15, 0.2) is 0 Å². The van der Waals surface area contributed by atoms with Crippen LogP contribution >= 0.6 is 11.6 Å². The lowest BCUT2D eigenvalue weighted by Crippen LogP contribution is -2.24. The van der Waals surface area contributed by atoms with Gasteiger partial charge < -0.3 is 10.2 Å². The van der Waals surface area contributed by atoms with E-state index in [-0.39, 0.29) is 0 Å². The van der Waals surface area contributed by atoms with Crippen molar-refractivity contribution in [3.8, 4) is 0 Å². The molecule has 0 saturated heterocycles. The van der Waals surface area contributed by atoms with Crippen LogP contribution < -0.4 is 10.2 Å². The average molecular weight is 281 g/mol. The van der Waals surface area contributed by atoms with E-state index < -0.39 is 0 Å². The highest BCUT2D eigenvalue weighted by Crippen LogP contribution is 2.39. The lowest BCUT2D eigenvalue weighted by atomic mass is 10.1. The molecule has 1 N–H and O–H groups in total. The topological polar surface area (TPSA) is 15.3 Å². The van der Waals surface area contributed by atoms with Gasteiger partial charge in [-0.05, 0) is 43.4 Å². The van der Waals surface area contributed by atoms with Crippen molar-refractivity contribution in [3.05, 3.63) is 28.8 Å². The summed E-state index contributed by atoms with van der Waals surface area (Å²) >= 11 is 6.37. The first kappa shape index (κ1) is 14.7. The zero-order valence-electron chi connectivity index (χ0n) is 12.2. The molecule has 2 nitrogen and oxygen atoms in total. The minimum Gasteiger partial charge on any atom is -0.374 e. The van der Waals surface area contributed by atoms with Gasteiger partial charge in [-0.2, -0.15) is 0 Å². The van der Waals surface area contributed by atoms with Crippen LogP contribution in [0.1, 0.15) is 32.3 Å². The van der Waals surface area contributed by atoms with E-state index in [1.807, 2.05) is 12.1 Å². The van der Waals surface area contributed by atoms with Gasteiger partial charge in [-0.3, -0.25) is 0 Å². The molecule has 19 heavy (non-hydrogen) atoms. The van der Waals surface area contributed by atoms with Crippen LogP contribution in [0.3, 0.4) is 0 Å². The van der Waals surface area contributed by atoms with E-state index in [0.717, 1.165) is 42.9 Å².